The van der Waals surface area contributed by atoms with E-state index in [1.165, 1.54) is 0 Å². The molecule has 1 N–H and O–H groups in total. The molecule has 2 rings (SSSR count). The number of ether oxygens (including phenoxy) is 4. The lowest BCUT2D eigenvalue weighted by molar-refractivity contribution is -0.264. The van der Waals surface area contributed by atoms with E-state index in [9.17, 15) is 5.11 Å². The molecule has 0 aromatic heterocycles. The highest BCUT2D eigenvalue weighted by atomic mass is 127. The van der Waals surface area contributed by atoms with Crippen LogP contribution in [0.4, 0.5) is 0 Å². The average molecular weight is 358 g/mol. The van der Waals surface area contributed by atoms with Gasteiger partial charge in [0.1, 0.15) is 17.8 Å². The highest BCUT2D eigenvalue weighted by Crippen LogP contribution is 2.41. The molecule has 17 heavy (non-hydrogen) atoms. The van der Waals surface area contributed by atoms with Gasteiger partial charge in [0.15, 0.2) is 12.1 Å². The third-order valence-corrected chi connectivity index (χ3v) is 3.72. The van der Waals surface area contributed by atoms with Gasteiger partial charge in [0.2, 0.25) is 0 Å². The monoisotopic (exact) mass is 358 g/mol. The van der Waals surface area contributed by atoms with E-state index in [0.29, 0.717) is 6.42 Å². The Labute approximate surface area is 115 Å². The standard InChI is InChI=1S/C11H19IO5/c1-10(2)16-7-8(17-10)11(13,4-5-12)6-15-9(7)14-3/h7-9,13H,4-6H2,1-3H3. The van der Waals surface area contributed by atoms with Crippen LogP contribution in [0.15, 0.2) is 0 Å². The van der Waals surface area contributed by atoms with Gasteiger partial charge in [-0.3, -0.25) is 0 Å². The van der Waals surface area contributed by atoms with Gasteiger partial charge in [0.05, 0.1) is 6.61 Å². The van der Waals surface area contributed by atoms with E-state index in [1.54, 1.807) is 7.11 Å². The molecule has 6 heteroatoms. The SMILES string of the molecule is COC1OCC(O)(CCI)C2OC(C)(C)OC12. The third kappa shape index (κ3) is 2.62. The predicted octanol–water partition coefficient (Wildman–Crippen LogP) is 1.07. The summed E-state index contributed by atoms with van der Waals surface area (Å²) >= 11 is 2.23. The minimum atomic E-state index is -0.991. The third-order valence-electron chi connectivity index (χ3n) is 3.18. The molecule has 2 aliphatic heterocycles. The highest BCUT2D eigenvalue weighted by Gasteiger charge is 2.58. The van der Waals surface area contributed by atoms with Crippen molar-refractivity contribution in [3.05, 3.63) is 0 Å². The predicted molar refractivity (Wildman–Crippen MR) is 69.0 cm³/mol. The molecule has 2 heterocycles. The minimum absolute atomic E-state index is 0.217. The van der Waals surface area contributed by atoms with E-state index < -0.39 is 23.8 Å². The van der Waals surface area contributed by atoms with E-state index in [-0.39, 0.29) is 12.7 Å². The number of halogens is 1. The second-order valence-corrected chi connectivity index (χ2v) is 6.06. The van der Waals surface area contributed by atoms with Crippen molar-refractivity contribution in [3.8, 4) is 0 Å². The molecular weight excluding hydrogens is 339 g/mol. The lowest BCUT2D eigenvalue weighted by Gasteiger charge is -2.42. The summed E-state index contributed by atoms with van der Waals surface area (Å²) in [6, 6.07) is 0. The van der Waals surface area contributed by atoms with Gasteiger partial charge in [-0.05, 0) is 20.3 Å². The summed E-state index contributed by atoms with van der Waals surface area (Å²) < 4.78 is 23.2. The molecule has 100 valence electrons. The summed E-state index contributed by atoms with van der Waals surface area (Å²) in [6.45, 7) is 3.89. The van der Waals surface area contributed by atoms with Crippen LogP contribution in [0.2, 0.25) is 0 Å². The van der Waals surface area contributed by atoms with Crippen molar-refractivity contribution in [1.82, 2.24) is 0 Å². The fourth-order valence-electron chi connectivity index (χ4n) is 2.39. The number of hydrogen-bond acceptors (Lipinski definition) is 5. The zero-order chi connectivity index (χ0) is 12.7. The van der Waals surface area contributed by atoms with Crippen molar-refractivity contribution in [1.29, 1.82) is 0 Å². The second kappa shape index (κ2) is 4.90. The molecule has 0 saturated carbocycles. The molecule has 4 atom stereocenters. The molecule has 2 aliphatic rings. The molecule has 0 radical (unpaired) electrons. The number of rotatable bonds is 3. The Balaban J connectivity index is 2.21. The van der Waals surface area contributed by atoms with Crippen LogP contribution >= 0.6 is 22.6 Å². The topological polar surface area (TPSA) is 57.2 Å². The highest BCUT2D eigenvalue weighted by molar-refractivity contribution is 14.1. The van der Waals surface area contributed by atoms with E-state index in [0.717, 1.165) is 4.43 Å². The van der Waals surface area contributed by atoms with Crippen molar-refractivity contribution in [2.24, 2.45) is 0 Å². The first-order valence-corrected chi connectivity index (χ1v) is 7.23. The molecule has 5 nitrogen and oxygen atoms in total. The number of aliphatic hydroxyl groups is 1. The molecule has 0 aliphatic carbocycles. The number of methoxy groups -OCH3 is 1. The Hall–Kier alpha value is 0.530. The lowest BCUT2D eigenvalue weighted by Crippen LogP contribution is -2.60. The molecule has 2 saturated heterocycles. The zero-order valence-corrected chi connectivity index (χ0v) is 12.5. The van der Waals surface area contributed by atoms with Gasteiger partial charge in [-0.25, -0.2) is 0 Å². The summed E-state index contributed by atoms with van der Waals surface area (Å²) in [4.78, 5) is 0. The smallest absolute Gasteiger partial charge is 0.186 e. The normalized spacial score (nSPS) is 44.6. The van der Waals surface area contributed by atoms with Crippen LogP contribution in [0.1, 0.15) is 20.3 Å². The fourth-order valence-corrected chi connectivity index (χ4v) is 3.32. The first-order valence-electron chi connectivity index (χ1n) is 5.70. The largest absolute Gasteiger partial charge is 0.385 e. The molecule has 4 unspecified atom stereocenters. The summed E-state index contributed by atoms with van der Waals surface area (Å²) in [7, 11) is 1.57. The molecular formula is C11H19IO5. The van der Waals surface area contributed by atoms with Crippen molar-refractivity contribution in [2.75, 3.05) is 18.1 Å². The van der Waals surface area contributed by atoms with Gasteiger partial charge in [-0.1, -0.05) is 22.6 Å². The number of alkyl halides is 1. The Kier molecular flexibility index (Phi) is 4.02. The molecule has 2 fully saturated rings. The van der Waals surface area contributed by atoms with Gasteiger partial charge in [0.25, 0.3) is 0 Å². The minimum Gasteiger partial charge on any atom is -0.385 e. The molecule has 0 aromatic carbocycles. The van der Waals surface area contributed by atoms with Crippen LogP contribution in [0.5, 0.6) is 0 Å². The van der Waals surface area contributed by atoms with E-state index >= 15 is 0 Å². The van der Waals surface area contributed by atoms with Crippen molar-refractivity contribution in [3.63, 3.8) is 0 Å². The van der Waals surface area contributed by atoms with E-state index in [4.69, 9.17) is 18.9 Å². The van der Waals surface area contributed by atoms with Crippen molar-refractivity contribution in [2.45, 2.75) is 50.2 Å². The van der Waals surface area contributed by atoms with Crippen LogP contribution in [0.3, 0.4) is 0 Å². The first kappa shape index (κ1) is 14.0. The van der Waals surface area contributed by atoms with Crippen LogP contribution in [-0.2, 0) is 18.9 Å². The van der Waals surface area contributed by atoms with E-state index in [2.05, 4.69) is 22.6 Å². The maximum atomic E-state index is 10.6. The maximum absolute atomic E-state index is 10.6. The average Bonchev–Trinajstić information content (AvgIpc) is 2.56. The Morgan fingerprint density at radius 3 is 2.71 bits per heavy atom. The first-order chi connectivity index (χ1) is 7.92. The van der Waals surface area contributed by atoms with Crippen molar-refractivity contribution < 1.29 is 24.1 Å². The summed E-state index contributed by atoms with van der Waals surface area (Å²) in [6.07, 6.45) is -0.635. The molecule has 0 aromatic rings. The number of fused-ring (bicyclic) bond motifs is 1. The van der Waals surface area contributed by atoms with Crippen LogP contribution in [-0.4, -0.2) is 53.1 Å². The Morgan fingerprint density at radius 2 is 2.12 bits per heavy atom. The van der Waals surface area contributed by atoms with Crippen molar-refractivity contribution >= 4 is 22.6 Å². The zero-order valence-electron chi connectivity index (χ0n) is 10.3. The summed E-state index contributed by atoms with van der Waals surface area (Å²) in [5.74, 6) is -0.709. The Morgan fingerprint density at radius 1 is 1.41 bits per heavy atom. The van der Waals surface area contributed by atoms with Gasteiger partial charge < -0.3 is 24.1 Å². The fraction of sp³-hybridized carbons (Fsp3) is 1.00. The van der Waals surface area contributed by atoms with E-state index in [1.807, 2.05) is 13.8 Å². The van der Waals surface area contributed by atoms with Gasteiger partial charge in [-0.15, -0.1) is 0 Å². The van der Waals surface area contributed by atoms with Gasteiger partial charge in [0, 0.05) is 11.5 Å². The van der Waals surface area contributed by atoms with Gasteiger partial charge >= 0.3 is 0 Å². The van der Waals surface area contributed by atoms with Crippen LogP contribution < -0.4 is 0 Å². The van der Waals surface area contributed by atoms with Crippen LogP contribution in [0, 0.1) is 0 Å². The lowest BCUT2D eigenvalue weighted by atomic mass is 9.88. The second-order valence-electron chi connectivity index (χ2n) is 4.98. The summed E-state index contributed by atoms with van der Waals surface area (Å²) in [5, 5.41) is 10.6. The maximum Gasteiger partial charge on any atom is 0.186 e. The Bertz CT molecular complexity index is 285. The number of hydrogen-bond donors (Lipinski definition) is 1. The van der Waals surface area contributed by atoms with Gasteiger partial charge in [-0.2, -0.15) is 0 Å². The molecule has 0 amide bonds. The van der Waals surface area contributed by atoms with Crippen LogP contribution in [0.25, 0.3) is 0 Å². The quantitative estimate of drug-likeness (QED) is 0.604. The molecule has 0 spiro atoms. The molecule has 0 bridgehead atoms. The summed E-state index contributed by atoms with van der Waals surface area (Å²) in [5.41, 5.74) is -0.991.